The molecule has 8 nitrogen and oxygen atoms in total. The quantitative estimate of drug-likeness (QED) is 0.222. The summed E-state index contributed by atoms with van der Waals surface area (Å²) in [5.41, 5.74) is 4.45. The van der Waals surface area contributed by atoms with Crippen LogP contribution in [0.3, 0.4) is 0 Å². The van der Waals surface area contributed by atoms with Crippen molar-refractivity contribution in [2.24, 2.45) is 0 Å². The minimum atomic E-state index is -3.76. The standard InChI is InChI=1S/C35H39N3O5S/c1-27-14-16-29(17-15-27)23-36-35(40)33(22-28-10-6-4-7-11-28)38(25-31-18-20-32(43-2)21-19-31)34(39)26-37(44(3,41)42)24-30-12-8-5-9-13-30/h4-21,33H,22-26H2,1-3H3,(H,36,40)/t33-/m0/s1. The van der Waals surface area contributed by atoms with E-state index in [1.54, 1.807) is 19.2 Å². The monoisotopic (exact) mass is 613 g/mol. The molecular weight excluding hydrogens is 574 g/mol. The highest BCUT2D eigenvalue weighted by molar-refractivity contribution is 7.88. The number of hydrogen-bond donors (Lipinski definition) is 1. The van der Waals surface area contributed by atoms with Crippen LogP contribution < -0.4 is 10.1 Å². The number of nitrogens with one attached hydrogen (secondary N) is 1. The predicted octanol–water partition coefficient (Wildman–Crippen LogP) is 4.72. The van der Waals surface area contributed by atoms with E-state index in [-0.39, 0.29) is 25.4 Å². The fourth-order valence-corrected chi connectivity index (χ4v) is 5.54. The highest BCUT2D eigenvalue weighted by atomic mass is 32.2. The fraction of sp³-hybridized carbons (Fsp3) is 0.257. The van der Waals surface area contributed by atoms with Gasteiger partial charge in [0.25, 0.3) is 0 Å². The van der Waals surface area contributed by atoms with Crippen molar-refractivity contribution in [1.82, 2.24) is 14.5 Å². The van der Waals surface area contributed by atoms with Gasteiger partial charge in [-0.05, 0) is 41.3 Å². The van der Waals surface area contributed by atoms with Crippen LogP contribution in [0.1, 0.15) is 27.8 Å². The number of benzene rings is 4. The molecule has 1 N–H and O–H groups in total. The van der Waals surface area contributed by atoms with Gasteiger partial charge in [0.05, 0.1) is 19.9 Å². The number of nitrogens with zero attached hydrogens (tertiary/aromatic N) is 2. The first-order valence-corrected chi connectivity index (χ1v) is 16.3. The number of methoxy groups -OCH3 is 1. The molecule has 230 valence electrons. The first-order chi connectivity index (χ1) is 21.1. The van der Waals surface area contributed by atoms with Gasteiger partial charge >= 0.3 is 0 Å². The topological polar surface area (TPSA) is 96.0 Å². The lowest BCUT2D eigenvalue weighted by atomic mass is 10.0. The van der Waals surface area contributed by atoms with Crippen molar-refractivity contribution in [2.75, 3.05) is 19.9 Å². The Kier molecular flexibility index (Phi) is 11.3. The highest BCUT2D eigenvalue weighted by Gasteiger charge is 2.33. The first-order valence-electron chi connectivity index (χ1n) is 14.4. The summed E-state index contributed by atoms with van der Waals surface area (Å²) in [6, 6.07) is 32.8. The average Bonchev–Trinajstić information content (AvgIpc) is 3.02. The Morgan fingerprint density at radius 2 is 1.30 bits per heavy atom. The molecule has 0 fully saturated rings. The second-order valence-electron chi connectivity index (χ2n) is 10.8. The van der Waals surface area contributed by atoms with Gasteiger partial charge in [0.1, 0.15) is 11.8 Å². The van der Waals surface area contributed by atoms with Crippen LogP contribution in [0.25, 0.3) is 0 Å². The van der Waals surface area contributed by atoms with Gasteiger partial charge in [0.15, 0.2) is 0 Å². The molecule has 0 radical (unpaired) electrons. The highest BCUT2D eigenvalue weighted by Crippen LogP contribution is 2.19. The van der Waals surface area contributed by atoms with E-state index in [9.17, 15) is 18.0 Å². The van der Waals surface area contributed by atoms with Crippen LogP contribution in [0.5, 0.6) is 5.75 Å². The molecule has 0 aliphatic rings. The van der Waals surface area contributed by atoms with Crippen molar-refractivity contribution < 1.29 is 22.7 Å². The molecule has 0 aliphatic heterocycles. The Hall–Kier alpha value is -4.47. The van der Waals surface area contributed by atoms with Crippen molar-refractivity contribution in [3.05, 3.63) is 137 Å². The molecular formula is C35H39N3O5S. The van der Waals surface area contributed by atoms with E-state index in [4.69, 9.17) is 4.74 Å². The second-order valence-corrected chi connectivity index (χ2v) is 12.8. The molecule has 0 heterocycles. The number of aryl methyl sites for hydroxylation is 1. The number of sulfonamides is 1. The predicted molar refractivity (Wildman–Crippen MR) is 172 cm³/mol. The lowest BCUT2D eigenvalue weighted by Crippen LogP contribution is -2.53. The molecule has 4 aromatic carbocycles. The van der Waals surface area contributed by atoms with Crippen LogP contribution in [0.4, 0.5) is 0 Å². The van der Waals surface area contributed by atoms with Crippen LogP contribution >= 0.6 is 0 Å². The second kappa shape index (κ2) is 15.3. The smallest absolute Gasteiger partial charge is 0.243 e. The van der Waals surface area contributed by atoms with E-state index in [0.29, 0.717) is 12.3 Å². The number of carbonyl (C=O) groups excluding carboxylic acids is 2. The molecule has 0 saturated heterocycles. The minimum Gasteiger partial charge on any atom is -0.497 e. The Morgan fingerprint density at radius 3 is 1.86 bits per heavy atom. The van der Waals surface area contributed by atoms with Crippen molar-refractivity contribution in [2.45, 2.75) is 39.0 Å². The minimum absolute atomic E-state index is 0.0325. The van der Waals surface area contributed by atoms with Gasteiger partial charge in [-0.2, -0.15) is 4.31 Å². The van der Waals surface area contributed by atoms with E-state index in [0.717, 1.165) is 38.4 Å². The molecule has 4 aromatic rings. The molecule has 4 rings (SSSR count). The molecule has 9 heteroatoms. The average molecular weight is 614 g/mol. The van der Waals surface area contributed by atoms with Crippen molar-refractivity contribution >= 4 is 21.8 Å². The molecule has 0 bridgehead atoms. The van der Waals surface area contributed by atoms with Gasteiger partial charge in [-0.1, -0.05) is 103 Å². The molecule has 1 atom stereocenters. The zero-order valence-corrected chi connectivity index (χ0v) is 26.2. The third-order valence-electron chi connectivity index (χ3n) is 7.35. The van der Waals surface area contributed by atoms with Gasteiger partial charge in [-0.15, -0.1) is 0 Å². The number of amides is 2. The number of ether oxygens (including phenoxy) is 1. The van der Waals surface area contributed by atoms with Crippen LogP contribution in [-0.2, 0) is 45.7 Å². The summed E-state index contributed by atoms with van der Waals surface area (Å²) in [7, 11) is -2.18. The van der Waals surface area contributed by atoms with Gasteiger partial charge < -0.3 is 15.0 Å². The maximum atomic E-state index is 14.2. The normalized spacial score (nSPS) is 12.0. The summed E-state index contributed by atoms with van der Waals surface area (Å²) in [5, 5.41) is 3.02. The SMILES string of the molecule is COc1ccc(CN(C(=O)CN(Cc2ccccc2)S(C)(=O)=O)[C@@H](Cc2ccccc2)C(=O)NCc2ccc(C)cc2)cc1. The van der Waals surface area contributed by atoms with Gasteiger partial charge in [0, 0.05) is 26.1 Å². The van der Waals surface area contributed by atoms with Crippen LogP contribution in [0, 0.1) is 6.92 Å². The molecule has 44 heavy (non-hydrogen) atoms. The summed E-state index contributed by atoms with van der Waals surface area (Å²) in [6.45, 7) is 2.00. The van der Waals surface area contributed by atoms with Gasteiger partial charge in [-0.3, -0.25) is 9.59 Å². The molecule has 0 spiro atoms. The zero-order valence-electron chi connectivity index (χ0n) is 25.3. The lowest BCUT2D eigenvalue weighted by molar-refractivity contribution is -0.141. The molecule has 0 aliphatic carbocycles. The maximum absolute atomic E-state index is 14.2. The Labute approximate surface area is 260 Å². The Balaban J connectivity index is 1.68. The summed E-state index contributed by atoms with van der Waals surface area (Å²) < 4.78 is 32.2. The number of carbonyl (C=O) groups is 2. The van der Waals surface area contributed by atoms with Gasteiger partial charge in [0.2, 0.25) is 21.8 Å². The molecule has 2 amide bonds. The maximum Gasteiger partial charge on any atom is 0.243 e. The molecule has 0 unspecified atom stereocenters. The summed E-state index contributed by atoms with van der Waals surface area (Å²) >= 11 is 0. The van der Waals surface area contributed by atoms with E-state index < -0.39 is 28.5 Å². The van der Waals surface area contributed by atoms with Crippen molar-refractivity contribution in [3.63, 3.8) is 0 Å². The lowest BCUT2D eigenvalue weighted by Gasteiger charge is -2.33. The van der Waals surface area contributed by atoms with E-state index in [1.165, 1.54) is 4.90 Å². The van der Waals surface area contributed by atoms with E-state index in [1.807, 2.05) is 104 Å². The van der Waals surface area contributed by atoms with Crippen LogP contribution in [-0.4, -0.2) is 55.4 Å². The van der Waals surface area contributed by atoms with E-state index in [2.05, 4.69) is 5.32 Å². The molecule has 0 aromatic heterocycles. The largest absolute Gasteiger partial charge is 0.497 e. The van der Waals surface area contributed by atoms with Crippen LogP contribution in [0.2, 0.25) is 0 Å². The van der Waals surface area contributed by atoms with Gasteiger partial charge in [-0.25, -0.2) is 8.42 Å². The Morgan fingerprint density at radius 1 is 0.750 bits per heavy atom. The third-order valence-corrected chi connectivity index (χ3v) is 8.55. The third kappa shape index (κ3) is 9.52. The zero-order chi connectivity index (χ0) is 31.5. The first kappa shape index (κ1) is 32.4. The summed E-state index contributed by atoms with van der Waals surface area (Å²) in [4.78, 5) is 29.6. The van der Waals surface area contributed by atoms with Crippen molar-refractivity contribution in [1.29, 1.82) is 0 Å². The summed E-state index contributed by atoms with van der Waals surface area (Å²) in [6.07, 6.45) is 1.34. The molecule has 0 saturated carbocycles. The van der Waals surface area contributed by atoms with Crippen molar-refractivity contribution in [3.8, 4) is 5.75 Å². The summed E-state index contributed by atoms with van der Waals surface area (Å²) in [5.74, 6) is -0.145. The van der Waals surface area contributed by atoms with Crippen LogP contribution in [0.15, 0.2) is 109 Å². The van der Waals surface area contributed by atoms with E-state index >= 15 is 0 Å². The fourth-order valence-electron chi connectivity index (χ4n) is 4.81. The number of hydrogen-bond acceptors (Lipinski definition) is 5. The number of rotatable bonds is 14. The Bertz CT molecular complexity index is 1610.